The normalized spacial score (nSPS) is 10.5. The lowest BCUT2D eigenvalue weighted by Gasteiger charge is -2.03. The van der Waals surface area contributed by atoms with Gasteiger partial charge in [-0.15, -0.1) is 0 Å². The number of halogens is 1. The van der Waals surface area contributed by atoms with Crippen molar-refractivity contribution in [1.82, 2.24) is 10.2 Å². The smallest absolute Gasteiger partial charge is 0.0525 e. The minimum Gasteiger partial charge on any atom is -0.282 e. The van der Waals surface area contributed by atoms with Crippen molar-refractivity contribution in [3.63, 3.8) is 0 Å². The fraction of sp³-hybridized carbons (Fsp3) is 0.250. The van der Waals surface area contributed by atoms with Gasteiger partial charge in [-0.2, -0.15) is 5.10 Å². The van der Waals surface area contributed by atoms with Crippen molar-refractivity contribution in [3.8, 4) is 0 Å². The zero-order valence-corrected chi connectivity index (χ0v) is 10.2. The summed E-state index contributed by atoms with van der Waals surface area (Å²) in [5, 5.41) is 7.11. The Kier molecular flexibility index (Phi) is 3.21. The van der Waals surface area contributed by atoms with E-state index in [0.717, 1.165) is 17.3 Å². The molecule has 78 valence electrons. The zero-order chi connectivity index (χ0) is 10.7. The summed E-state index contributed by atoms with van der Waals surface area (Å²) in [5.74, 6) is 0. The lowest BCUT2D eigenvalue weighted by molar-refractivity contribution is 0.960. The summed E-state index contributed by atoms with van der Waals surface area (Å²) in [7, 11) is 0. The average molecular weight is 265 g/mol. The average Bonchev–Trinajstić information content (AvgIpc) is 2.69. The minimum atomic E-state index is 0.932. The maximum atomic E-state index is 4.08. The molecule has 0 amide bonds. The molecule has 1 aromatic carbocycles. The molecule has 0 saturated heterocycles. The van der Waals surface area contributed by atoms with Crippen LogP contribution in [-0.4, -0.2) is 10.2 Å². The third kappa shape index (κ3) is 2.29. The highest BCUT2D eigenvalue weighted by Crippen LogP contribution is 2.20. The number of H-pyrrole nitrogens is 1. The van der Waals surface area contributed by atoms with Gasteiger partial charge in [0, 0.05) is 16.6 Å². The number of benzene rings is 1. The Labute approximate surface area is 97.8 Å². The molecule has 0 atom stereocenters. The van der Waals surface area contributed by atoms with Gasteiger partial charge in [0.15, 0.2) is 0 Å². The molecule has 3 heteroatoms. The first kappa shape index (κ1) is 10.4. The predicted molar refractivity (Wildman–Crippen MR) is 64.9 cm³/mol. The van der Waals surface area contributed by atoms with Crippen LogP contribution in [0.15, 0.2) is 34.9 Å². The molecule has 0 unspecified atom stereocenters. The monoisotopic (exact) mass is 264 g/mol. The topological polar surface area (TPSA) is 28.7 Å². The van der Waals surface area contributed by atoms with E-state index >= 15 is 0 Å². The Hall–Kier alpha value is -1.09. The number of nitrogens with one attached hydrogen (secondary N) is 1. The molecular weight excluding hydrogens is 252 g/mol. The molecule has 1 N–H and O–H groups in total. The molecule has 0 radical (unpaired) electrons. The molecule has 0 bridgehead atoms. The second-order valence-corrected chi connectivity index (χ2v) is 4.35. The largest absolute Gasteiger partial charge is 0.282 e. The molecule has 0 aliphatic heterocycles. The standard InChI is InChI=1S/C12H13BrN2/c1-2-12-10(8-14-15-12)7-9-5-3-4-6-11(9)13/h3-6,8H,2,7H2,1H3,(H,14,15). The van der Waals surface area contributed by atoms with Gasteiger partial charge in [0.1, 0.15) is 0 Å². The fourth-order valence-corrected chi connectivity index (χ4v) is 2.07. The van der Waals surface area contributed by atoms with E-state index in [-0.39, 0.29) is 0 Å². The van der Waals surface area contributed by atoms with Gasteiger partial charge in [-0.1, -0.05) is 41.1 Å². The quantitative estimate of drug-likeness (QED) is 0.906. The molecule has 2 nitrogen and oxygen atoms in total. The van der Waals surface area contributed by atoms with Gasteiger partial charge < -0.3 is 0 Å². The van der Waals surface area contributed by atoms with E-state index < -0.39 is 0 Å². The molecule has 15 heavy (non-hydrogen) atoms. The van der Waals surface area contributed by atoms with Crippen LogP contribution in [0.5, 0.6) is 0 Å². The molecule has 1 heterocycles. The van der Waals surface area contributed by atoms with Crippen molar-refractivity contribution in [3.05, 3.63) is 51.8 Å². The van der Waals surface area contributed by atoms with Gasteiger partial charge in [0.05, 0.1) is 6.20 Å². The van der Waals surface area contributed by atoms with Crippen molar-refractivity contribution in [2.75, 3.05) is 0 Å². The van der Waals surface area contributed by atoms with Crippen molar-refractivity contribution in [1.29, 1.82) is 0 Å². The Morgan fingerprint density at radius 1 is 1.27 bits per heavy atom. The van der Waals surface area contributed by atoms with Crippen LogP contribution < -0.4 is 0 Å². The number of nitrogens with zero attached hydrogens (tertiary/aromatic N) is 1. The molecule has 0 saturated carbocycles. The van der Waals surface area contributed by atoms with Crippen molar-refractivity contribution in [2.24, 2.45) is 0 Å². The molecule has 2 rings (SSSR count). The Bertz CT molecular complexity index is 448. The number of rotatable bonds is 3. The van der Waals surface area contributed by atoms with Crippen LogP contribution in [0.25, 0.3) is 0 Å². The van der Waals surface area contributed by atoms with Crippen LogP contribution in [0.1, 0.15) is 23.7 Å². The Morgan fingerprint density at radius 2 is 2.07 bits per heavy atom. The van der Waals surface area contributed by atoms with E-state index in [1.165, 1.54) is 16.8 Å². The van der Waals surface area contributed by atoms with Crippen LogP contribution in [0.2, 0.25) is 0 Å². The summed E-state index contributed by atoms with van der Waals surface area (Å²) in [6.45, 7) is 2.14. The van der Waals surface area contributed by atoms with Gasteiger partial charge in [-0.05, 0) is 23.6 Å². The molecule has 0 spiro atoms. The van der Waals surface area contributed by atoms with Gasteiger partial charge in [0.2, 0.25) is 0 Å². The third-order valence-electron chi connectivity index (χ3n) is 2.50. The van der Waals surface area contributed by atoms with Gasteiger partial charge >= 0.3 is 0 Å². The number of hydrogen-bond acceptors (Lipinski definition) is 1. The summed E-state index contributed by atoms with van der Waals surface area (Å²) in [4.78, 5) is 0. The van der Waals surface area contributed by atoms with Crippen LogP contribution in [0.4, 0.5) is 0 Å². The van der Waals surface area contributed by atoms with E-state index in [1.54, 1.807) is 0 Å². The SMILES string of the molecule is CCc1[nH]ncc1Cc1ccccc1Br. The number of hydrogen-bond donors (Lipinski definition) is 1. The lowest BCUT2D eigenvalue weighted by atomic mass is 10.1. The molecule has 1 aromatic heterocycles. The number of aromatic amines is 1. The molecule has 0 aliphatic carbocycles. The van der Waals surface area contributed by atoms with E-state index in [1.807, 2.05) is 12.3 Å². The van der Waals surface area contributed by atoms with Gasteiger partial charge in [0.25, 0.3) is 0 Å². The summed E-state index contributed by atoms with van der Waals surface area (Å²) < 4.78 is 1.16. The molecular formula is C12H13BrN2. The molecule has 0 fully saturated rings. The summed E-state index contributed by atoms with van der Waals surface area (Å²) in [6, 6.07) is 8.30. The van der Waals surface area contributed by atoms with E-state index in [4.69, 9.17) is 0 Å². The second kappa shape index (κ2) is 4.62. The Balaban J connectivity index is 2.26. The van der Waals surface area contributed by atoms with Crippen molar-refractivity contribution >= 4 is 15.9 Å². The van der Waals surface area contributed by atoms with Crippen LogP contribution >= 0.6 is 15.9 Å². The Morgan fingerprint density at radius 3 is 2.80 bits per heavy atom. The first-order valence-electron chi connectivity index (χ1n) is 5.05. The predicted octanol–water partition coefficient (Wildman–Crippen LogP) is 3.33. The summed E-state index contributed by atoms with van der Waals surface area (Å²) >= 11 is 3.56. The highest BCUT2D eigenvalue weighted by atomic mass is 79.9. The fourth-order valence-electron chi connectivity index (χ4n) is 1.64. The first-order chi connectivity index (χ1) is 7.31. The van der Waals surface area contributed by atoms with Crippen LogP contribution in [0.3, 0.4) is 0 Å². The van der Waals surface area contributed by atoms with Crippen LogP contribution in [-0.2, 0) is 12.8 Å². The zero-order valence-electron chi connectivity index (χ0n) is 8.63. The summed E-state index contributed by atoms with van der Waals surface area (Å²) in [6.07, 6.45) is 3.85. The van der Waals surface area contributed by atoms with E-state index in [9.17, 15) is 0 Å². The number of aryl methyl sites for hydroxylation is 1. The maximum absolute atomic E-state index is 4.08. The highest BCUT2D eigenvalue weighted by molar-refractivity contribution is 9.10. The first-order valence-corrected chi connectivity index (χ1v) is 5.85. The van der Waals surface area contributed by atoms with Gasteiger partial charge in [-0.3, -0.25) is 5.10 Å². The van der Waals surface area contributed by atoms with E-state index in [2.05, 4.69) is 51.3 Å². The second-order valence-electron chi connectivity index (χ2n) is 3.50. The van der Waals surface area contributed by atoms with Gasteiger partial charge in [-0.25, -0.2) is 0 Å². The minimum absolute atomic E-state index is 0.932. The molecule has 0 aliphatic rings. The van der Waals surface area contributed by atoms with Crippen LogP contribution in [0, 0.1) is 0 Å². The van der Waals surface area contributed by atoms with Crippen molar-refractivity contribution in [2.45, 2.75) is 19.8 Å². The maximum Gasteiger partial charge on any atom is 0.0525 e. The summed E-state index contributed by atoms with van der Waals surface area (Å²) in [5.41, 5.74) is 3.81. The number of aromatic nitrogens is 2. The third-order valence-corrected chi connectivity index (χ3v) is 3.27. The lowest BCUT2D eigenvalue weighted by Crippen LogP contribution is -1.92. The van der Waals surface area contributed by atoms with Crippen molar-refractivity contribution < 1.29 is 0 Å². The highest BCUT2D eigenvalue weighted by Gasteiger charge is 2.05. The van der Waals surface area contributed by atoms with E-state index in [0.29, 0.717) is 0 Å². The molecule has 2 aromatic rings.